The summed E-state index contributed by atoms with van der Waals surface area (Å²) in [6.45, 7) is 10.2. The average molecular weight is 233 g/mol. The molecule has 0 spiro atoms. The first-order valence-electron chi connectivity index (χ1n) is 5.85. The second-order valence-corrected chi connectivity index (χ2v) is 6.55. The molecule has 0 bridgehead atoms. The summed E-state index contributed by atoms with van der Waals surface area (Å²) < 4.78 is 17.4. The largest absolute Gasteiger partial charge is 0.501 e. The van der Waals surface area contributed by atoms with Crippen molar-refractivity contribution < 1.29 is 13.3 Å². The van der Waals surface area contributed by atoms with Gasteiger partial charge in [-0.2, -0.15) is 0 Å². The Labute approximate surface area is 93.7 Å². The van der Waals surface area contributed by atoms with Crippen LogP contribution in [0.2, 0.25) is 6.04 Å². The zero-order chi connectivity index (χ0) is 11.1. The molecule has 5 heteroatoms. The van der Waals surface area contributed by atoms with Crippen LogP contribution in [0.1, 0.15) is 20.8 Å². The van der Waals surface area contributed by atoms with Crippen LogP contribution in [0.25, 0.3) is 0 Å². The van der Waals surface area contributed by atoms with Crippen molar-refractivity contribution in [2.24, 2.45) is 5.92 Å². The predicted octanol–water partition coefficient (Wildman–Crippen LogP) is 1.25. The quantitative estimate of drug-likeness (QED) is 0.742. The van der Waals surface area contributed by atoms with Crippen LogP contribution in [0.3, 0.4) is 0 Å². The van der Waals surface area contributed by atoms with Gasteiger partial charge >= 0.3 is 8.80 Å². The Morgan fingerprint density at radius 2 is 2.00 bits per heavy atom. The van der Waals surface area contributed by atoms with Crippen molar-refractivity contribution in [3.05, 3.63) is 0 Å². The summed E-state index contributed by atoms with van der Waals surface area (Å²) >= 11 is 0. The fourth-order valence-corrected chi connectivity index (χ4v) is 4.76. The van der Waals surface area contributed by atoms with E-state index in [2.05, 4.69) is 12.2 Å². The summed E-state index contributed by atoms with van der Waals surface area (Å²) in [7, 11) is -2.37. The van der Waals surface area contributed by atoms with Crippen LogP contribution >= 0.6 is 0 Å². The molecule has 1 aliphatic heterocycles. The van der Waals surface area contributed by atoms with Gasteiger partial charge in [0.2, 0.25) is 0 Å². The average Bonchev–Trinajstić information content (AvgIpc) is 2.15. The van der Waals surface area contributed by atoms with Crippen molar-refractivity contribution >= 4 is 8.80 Å². The molecule has 1 N–H and O–H groups in total. The Hall–Kier alpha value is 0.0569. The minimum Gasteiger partial charge on any atom is -0.374 e. The highest BCUT2D eigenvalue weighted by Crippen LogP contribution is 2.22. The van der Waals surface area contributed by atoms with Crippen molar-refractivity contribution in [1.82, 2.24) is 5.32 Å². The summed E-state index contributed by atoms with van der Waals surface area (Å²) in [6.07, 6.45) is 0. The third-order valence-corrected chi connectivity index (χ3v) is 5.72. The summed E-state index contributed by atoms with van der Waals surface area (Å²) in [5.74, 6) is 0.551. The molecule has 1 saturated heterocycles. The molecule has 0 saturated carbocycles. The van der Waals surface area contributed by atoms with Crippen molar-refractivity contribution in [3.8, 4) is 0 Å². The fraction of sp³-hybridized carbons (Fsp3) is 1.00. The molecule has 0 aromatic carbocycles. The molecule has 0 aliphatic carbocycles. The Morgan fingerprint density at radius 1 is 1.33 bits per heavy atom. The van der Waals surface area contributed by atoms with Gasteiger partial charge < -0.3 is 18.6 Å². The molecule has 0 amide bonds. The first kappa shape index (κ1) is 13.1. The van der Waals surface area contributed by atoms with E-state index in [1.54, 1.807) is 0 Å². The highest BCUT2D eigenvalue weighted by Gasteiger charge is 2.42. The van der Waals surface area contributed by atoms with Crippen LogP contribution < -0.4 is 5.32 Å². The normalized spacial score (nSPS) is 27.0. The maximum absolute atomic E-state index is 5.85. The fourth-order valence-electron chi connectivity index (χ4n) is 1.87. The van der Waals surface area contributed by atoms with Crippen LogP contribution in [0.5, 0.6) is 0 Å². The van der Waals surface area contributed by atoms with E-state index in [1.807, 2.05) is 13.8 Å². The van der Waals surface area contributed by atoms with Gasteiger partial charge in [0.25, 0.3) is 0 Å². The van der Waals surface area contributed by atoms with Gasteiger partial charge in [0.15, 0.2) is 0 Å². The lowest BCUT2D eigenvalue weighted by molar-refractivity contribution is 0.0597. The number of hydrogen-bond donors (Lipinski definition) is 1. The SMILES string of the molecule is CCO[Si]1(OCC)CC(C)CNCCO1. The van der Waals surface area contributed by atoms with Gasteiger partial charge in [0.1, 0.15) is 0 Å². The number of hydrogen-bond acceptors (Lipinski definition) is 4. The smallest absolute Gasteiger partial charge is 0.374 e. The van der Waals surface area contributed by atoms with Gasteiger partial charge in [-0.3, -0.25) is 0 Å². The van der Waals surface area contributed by atoms with Crippen LogP contribution in [0.4, 0.5) is 0 Å². The predicted molar refractivity (Wildman–Crippen MR) is 61.8 cm³/mol. The Balaban J connectivity index is 2.62. The second-order valence-electron chi connectivity index (χ2n) is 3.91. The summed E-state index contributed by atoms with van der Waals surface area (Å²) in [4.78, 5) is 0. The molecular formula is C10H23NO3Si. The summed E-state index contributed by atoms with van der Waals surface area (Å²) in [5, 5.41) is 3.35. The Kier molecular flexibility index (Phi) is 5.77. The number of rotatable bonds is 4. The number of nitrogens with one attached hydrogen (secondary N) is 1. The third-order valence-electron chi connectivity index (χ3n) is 2.42. The van der Waals surface area contributed by atoms with E-state index in [-0.39, 0.29) is 0 Å². The van der Waals surface area contributed by atoms with E-state index in [0.717, 1.165) is 19.1 Å². The highest BCUT2D eigenvalue weighted by atomic mass is 28.4. The first-order chi connectivity index (χ1) is 7.22. The van der Waals surface area contributed by atoms with E-state index in [1.165, 1.54) is 0 Å². The van der Waals surface area contributed by atoms with Crippen LogP contribution in [-0.2, 0) is 13.3 Å². The van der Waals surface area contributed by atoms with Crippen LogP contribution in [0, 0.1) is 5.92 Å². The minimum absolute atomic E-state index is 0.551. The van der Waals surface area contributed by atoms with Gasteiger partial charge in [-0.15, -0.1) is 0 Å². The zero-order valence-electron chi connectivity index (χ0n) is 10.0. The second kappa shape index (κ2) is 6.60. The molecule has 1 unspecified atom stereocenters. The minimum atomic E-state index is -2.37. The van der Waals surface area contributed by atoms with Gasteiger partial charge in [-0.1, -0.05) is 6.92 Å². The van der Waals surface area contributed by atoms with Gasteiger partial charge in [-0.05, 0) is 26.3 Å². The molecular weight excluding hydrogens is 210 g/mol. The Bertz CT molecular complexity index is 174. The Morgan fingerprint density at radius 3 is 2.60 bits per heavy atom. The first-order valence-corrected chi connectivity index (χ1v) is 7.78. The van der Waals surface area contributed by atoms with Gasteiger partial charge in [0, 0.05) is 25.8 Å². The molecule has 4 nitrogen and oxygen atoms in total. The van der Waals surface area contributed by atoms with E-state index in [4.69, 9.17) is 13.3 Å². The van der Waals surface area contributed by atoms with E-state index >= 15 is 0 Å². The van der Waals surface area contributed by atoms with Crippen molar-refractivity contribution in [2.45, 2.75) is 26.8 Å². The topological polar surface area (TPSA) is 39.7 Å². The lowest BCUT2D eigenvalue weighted by Crippen LogP contribution is -2.51. The standard InChI is InChI=1S/C10H23NO3Si/c1-4-12-15(13-5-2)9-10(3)8-11-6-7-14-15/h10-11H,4-9H2,1-3H3. The maximum Gasteiger partial charge on any atom is 0.501 e. The van der Waals surface area contributed by atoms with E-state index < -0.39 is 8.80 Å². The highest BCUT2D eigenvalue weighted by molar-refractivity contribution is 6.60. The molecule has 0 aromatic heterocycles. The molecule has 1 atom stereocenters. The molecule has 15 heavy (non-hydrogen) atoms. The molecule has 1 aliphatic rings. The van der Waals surface area contributed by atoms with Gasteiger partial charge in [-0.25, -0.2) is 0 Å². The summed E-state index contributed by atoms with van der Waals surface area (Å²) in [5.41, 5.74) is 0. The summed E-state index contributed by atoms with van der Waals surface area (Å²) in [6, 6.07) is 0.918. The molecule has 0 radical (unpaired) electrons. The van der Waals surface area contributed by atoms with Crippen molar-refractivity contribution in [1.29, 1.82) is 0 Å². The molecule has 90 valence electrons. The molecule has 1 rings (SSSR count). The van der Waals surface area contributed by atoms with Crippen LogP contribution in [-0.4, -0.2) is 41.7 Å². The monoisotopic (exact) mass is 233 g/mol. The lowest BCUT2D eigenvalue weighted by atomic mass is 10.2. The van der Waals surface area contributed by atoms with E-state index in [0.29, 0.717) is 25.7 Å². The van der Waals surface area contributed by atoms with Crippen LogP contribution in [0.15, 0.2) is 0 Å². The van der Waals surface area contributed by atoms with Crippen molar-refractivity contribution in [3.63, 3.8) is 0 Å². The third kappa shape index (κ3) is 4.20. The molecule has 0 aromatic rings. The lowest BCUT2D eigenvalue weighted by Gasteiger charge is -2.33. The van der Waals surface area contributed by atoms with Gasteiger partial charge in [0.05, 0.1) is 6.61 Å². The molecule has 1 heterocycles. The maximum atomic E-state index is 5.85. The molecule has 1 fully saturated rings. The van der Waals surface area contributed by atoms with E-state index in [9.17, 15) is 0 Å². The van der Waals surface area contributed by atoms with Crippen molar-refractivity contribution in [2.75, 3.05) is 32.9 Å². The zero-order valence-corrected chi connectivity index (χ0v) is 11.0.